The average Bonchev–Trinajstić information content (AvgIpc) is 3.47. The molecule has 1 fully saturated rings. The van der Waals surface area contributed by atoms with Crippen molar-refractivity contribution in [2.75, 3.05) is 46.6 Å². The lowest BCUT2D eigenvalue weighted by Crippen LogP contribution is -2.53. The van der Waals surface area contributed by atoms with Gasteiger partial charge in [-0.3, -0.25) is 9.59 Å². The van der Waals surface area contributed by atoms with E-state index in [2.05, 4.69) is 15.6 Å². The molecule has 4 aromatic rings. The first-order valence-electron chi connectivity index (χ1n) is 15.7. The number of para-hydroxylation sites is 1. The second-order valence-electron chi connectivity index (χ2n) is 12.6. The Bertz CT molecular complexity index is 1690. The lowest BCUT2D eigenvalue weighted by Gasteiger charge is -2.34. The van der Waals surface area contributed by atoms with E-state index in [-0.39, 0.29) is 23.7 Å². The molecule has 0 saturated carbocycles. The molecule has 0 aliphatic carbocycles. The van der Waals surface area contributed by atoms with Gasteiger partial charge in [0.2, 0.25) is 5.91 Å². The number of H-pyrrole nitrogens is 1. The Kier molecular flexibility index (Phi) is 10.1. The van der Waals surface area contributed by atoms with Crippen molar-refractivity contribution in [3.05, 3.63) is 101 Å². The molecule has 1 aliphatic heterocycles. The molecule has 1 aromatic heterocycles. The summed E-state index contributed by atoms with van der Waals surface area (Å²) in [6, 6.07) is 18.6. The Balaban J connectivity index is 1.41. The fraction of sp³-hybridized carbons (Fsp3) is 0.361. The van der Waals surface area contributed by atoms with Crippen molar-refractivity contribution in [1.29, 1.82) is 0 Å². The maximum absolute atomic E-state index is 14.2. The maximum Gasteiger partial charge on any atom is 0.318 e. The van der Waals surface area contributed by atoms with E-state index in [1.165, 1.54) is 17.0 Å². The van der Waals surface area contributed by atoms with Gasteiger partial charge in [0, 0.05) is 56.7 Å². The normalized spacial score (nSPS) is 15.1. The minimum absolute atomic E-state index is 0.232. The van der Waals surface area contributed by atoms with Gasteiger partial charge in [0.05, 0.1) is 11.3 Å². The van der Waals surface area contributed by atoms with Gasteiger partial charge in [-0.05, 0) is 79.9 Å². The highest BCUT2D eigenvalue weighted by atomic mass is 19.1. The van der Waals surface area contributed by atoms with Crippen LogP contribution in [0.5, 0.6) is 0 Å². The maximum atomic E-state index is 14.2. The first-order valence-corrected chi connectivity index (χ1v) is 15.7. The van der Waals surface area contributed by atoms with Crippen LogP contribution >= 0.6 is 0 Å². The van der Waals surface area contributed by atoms with E-state index in [4.69, 9.17) is 0 Å². The van der Waals surface area contributed by atoms with Gasteiger partial charge in [0.1, 0.15) is 11.9 Å². The van der Waals surface area contributed by atoms with E-state index in [1.807, 2.05) is 80.6 Å². The molecule has 46 heavy (non-hydrogen) atoms. The molecule has 0 spiro atoms. The summed E-state index contributed by atoms with van der Waals surface area (Å²) in [5, 5.41) is 7.03. The number of anilines is 1. The lowest BCUT2D eigenvalue weighted by molar-refractivity contribution is -0.118. The van der Waals surface area contributed by atoms with Crippen molar-refractivity contribution in [1.82, 2.24) is 25.0 Å². The number of benzene rings is 3. The third-order valence-electron chi connectivity index (χ3n) is 8.77. The van der Waals surface area contributed by atoms with Crippen LogP contribution < -0.4 is 10.6 Å². The predicted octanol–water partition coefficient (Wildman–Crippen LogP) is 5.77. The van der Waals surface area contributed by atoms with Crippen LogP contribution in [0.15, 0.2) is 72.9 Å². The molecule has 0 bridgehead atoms. The van der Waals surface area contributed by atoms with Crippen LogP contribution in [-0.2, 0) is 11.3 Å². The molecule has 0 radical (unpaired) electrons. The van der Waals surface area contributed by atoms with E-state index >= 15 is 0 Å². The lowest BCUT2D eigenvalue weighted by atomic mass is 9.89. The van der Waals surface area contributed by atoms with E-state index in [9.17, 15) is 18.8 Å². The molecule has 1 saturated heterocycles. The SMILES string of the molecule is C[C@@H](c1c[nH]c2ccccc12)[C@@H](NC(=O)N1CCC(c2ccc(F)cc2)CC1)C(=O)Nc1cc(CN(C)C)ccc1C(=O)N(C)C. The number of hydrogen-bond acceptors (Lipinski definition) is 4. The zero-order valence-electron chi connectivity index (χ0n) is 27.1. The summed E-state index contributed by atoms with van der Waals surface area (Å²) in [5.41, 5.74) is 4.60. The second kappa shape index (κ2) is 14.2. The van der Waals surface area contributed by atoms with Crippen LogP contribution in [0, 0.1) is 5.82 Å². The summed E-state index contributed by atoms with van der Waals surface area (Å²) in [5.74, 6) is -1.09. The second-order valence-corrected chi connectivity index (χ2v) is 12.6. The number of urea groups is 1. The highest BCUT2D eigenvalue weighted by molar-refractivity contribution is 6.06. The number of nitrogens with one attached hydrogen (secondary N) is 3. The van der Waals surface area contributed by atoms with Gasteiger partial charge >= 0.3 is 6.03 Å². The Hall–Kier alpha value is -4.70. The number of fused-ring (bicyclic) bond motifs is 1. The average molecular weight is 627 g/mol. The van der Waals surface area contributed by atoms with Gasteiger partial charge in [-0.2, -0.15) is 0 Å². The van der Waals surface area contributed by atoms with Crippen molar-refractivity contribution in [3.8, 4) is 0 Å². The Morgan fingerprint density at radius 3 is 2.35 bits per heavy atom. The van der Waals surface area contributed by atoms with Crippen molar-refractivity contribution in [3.63, 3.8) is 0 Å². The van der Waals surface area contributed by atoms with Crippen molar-refractivity contribution in [2.24, 2.45) is 0 Å². The molecular formula is C36H43FN6O3. The standard InChI is InChI=1S/C36H43FN6O3/c1-23(30-21-38-31-9-7-6-8-28(30)31)33(40-36(46)43-18-16-26(17-19-43)25-11-13-27(37)14-12-25)34(44)39-32-20-24(22-41(2)3)10-15-29(32)35(45)42(4)5/h6-15,20-21,23,26,33,38H,16-19,22H2,1-5H3,(H,39,44)(H,40,46)/t23-,33+/m0/s1. The number of carbonyl (C=O) groups is 3. The fourth-order valence-electron chi connectivity index (χ4n) is 6.24. The summed E-state index contributed by atoms with van der Waals surface area (Å²) in [6.07, 6.45) is 3.36. The van der Waals surface area contributed by atoms with Crippen LogP contribution in [0.4, 0.5) is 14.9 Å². The molecule has 3 N–H and O–H groups in total. The van der Waals surface area contributed by atoms with Crippen molar-refractivity contribution in [2.45, 2.75) is 44.2 Å². The molecule has 2 heterocycles. The zero-order chi connectivity index (χ0) is 33.0. The van der Waals surface area contributed by atoms with Crippen molar-refractivity contribution >= 4 is 34.4 Å². The summed E-state index contributed by atoms with van der Waals surface area (Å²) in [4.78, 5) is 49.6. The molecule has 1 aliphatic rings. The Morgan fingerprint density at radius 2 is 1.67 bits per heavy atom. The molecule has 3 aromatic carbocycles. The number of piperidine rings is 1. The number of likely N-dealkylation sites (tertiary alicyclic amines) is 1. The monoisotopic (exact) mass is 626 g/mol. The summed E-state index contributed by atoms with van der Waals surface area (Å²) < 4.78 is 13.4. The zero-order valence-corrected chi connectivity index (χ0v) is 27.1. The smallest absolute Gasteiger partial charge is 0.318 e. The number of carbonyl (C=O) groups excluding carboxylic acids is 3. The summed E-state index contributed by atoms with van der Waals surface area (Å²) in [7, 11) is 7.24. The van der Waals surface area contributed by atoms with Gasteiger partial charge < -0.3 is 30.3 Å². The number of halogens is 1. The number of rotatable bonds is 9. The third kappa shape index (κ3) is 7.39. The Morgan fingerprint density at radius 1 is 0.978 bits per heavy atom. The first-order chi connectivity index (χ1) is 22.0. The number of aromatic amines is 1. The van der Waals surface area contributed by atoms with Crippen LogP contribution in [0.3, 0.4) is 0 Å². The van der Waals surface area contributed by atoms with E-state index in [0.717, 1.165) is 40.4 Å². The first kappa shape index (κ1) is 32.7. The molecular weight excluding hydrogens is 583 g/mol. The van der Waals surface area contributed by atoms with Gasteiger partial charge in [0.15, 0.2) is 0 Å². The van der Waals surface area contributed by atoms with E-state index in [0.29, 0.717) is 30.9 Å². The van der Waals surface area contributed by atoms with Gasteiger partial charge in [-0.15, -0.1) is 0 Å². The predicted molar refractivity (Wildman–Crippen MR) is 179 cm³/mol. The molecule has 4 amide bonds. The molecule has 242 valence electrons. The number of amides is 4. The van der Waals surface area contributed by atoms with Gasteiger partial charge in [-0.1, -0.05) is 43.3 Å². The van der Waals surface area contributed by atoms with Crippen LogP contribution in [0.1, 0.15) is 58.6 Å². The topological polar surface area (TPSA) is 101 Å². The summed E-state index contributed by atoms with van der Waals surface area (Å²) >= 11 is 0. The molecule has 2 atom stereocenters. The van der Waals surface area contributed by atoms with Crippen LogP contribution in [-0.4, -0.2) is 84.9 Å². The van der Waals surface area contributed by atoms with E-state index < -0.39 is 17.9 Å². The fourth-order valence-corrected chi connectivity index (χ4v) is 6.24. The highest BCUT2D eigenvalue weighted by Gasteiger charge is 2.33. The van der Waals surface area contributed by atoms with Gasteiger partial charge in [-0.25, -0.2) is 9.18 Å². The van der Waals surface area contributed by atoms with Crippen LogP contribution in [0.2, 0.25) is 0 Å². The summed E-state index contributed by atoms with van der Waals surface area (Å²) in [6.45, 7) is 3.57. The minimum Gasteiger partial charge on any atom is -0.361 e. The molecule has 0 unspecified atom stereocenters. The minimum atomic E-state index is -0.943. The van der Waals surface area contributed by atoms with Gasteiger partial charge in [0.25, 0.3) is 5.91 Å². The largest absolute Gasteiger partial charge is 0.361 e. The quantitative estimate of drug-likeness (QED) is 0.220. The Labute approximate surface area is 269 Å². The number of aromatic nitrogens is 1. The van der Waals surface area contributed by atoms with Crippen molar-refractivity contribution < 1.29 is 18.8 Å². The number of nitrogens with zero attached hydrogens (tertiary/aromatic N) is 3. The molecule has 10 heteroatoms. The third-order valence-corrected chi connectivity index (χ3v) is 8.77. The van der Waals surface area contributed by atoms with E-state index in [1.54, 1.807) is 25.1 Å². The highest BCUT2D eigenvalue weighted by Crippen LogP contribution is 2.31. The number of hydrogen-bond donors (Lipinski definition) is 3. The van der Waals surface area contributed by atoms with Crippen LogP contribution in [0.25, 0.3) is 10.9 Å². The molecule has 5 rings (SSSR count). The molecule has 9 nitrogen and oxygen atoms in total.